The fraction of sp³-hybridized carbons (Fsp3) is 0.240. The number of hydrogen-bond donors (Lipinski definition) is 1. The van der Waals surface area contributed by atoms with Gasteiger partial charge in [0.2, 0.25) is 12.5 Å². The number of methoxy groups -OCH3 is 1. The molecule has 31 heavy (non-hydrogen) atoms. The molecule has 158 valence electrons. The van der Waals surface area contributed by atoms with Crippen LogP contribution < -0.4 is 19.5 Å². The molecule has 1 atom stereocenters. The second kappa shape index (κ2) is 7.96. The molecular formula is C25H25N3O3. The summed E-state index contributed by atoms with van der Waals surface area (Å²) < 4.78 is 18.5. The normalized spacial score (nSPS) is 13.5. The number of fused-ring (bicyclic) bond motifs is 2. The van der Waals surface area contributed by atoms with E-state index in [0.29, 0.717) is 18.0 Å². The SMILES string of the molecule is COc1cc(CN[C@H](C)c2cnn(-c3cccc4ccccc34)c2C)cc2c1OCO2. The number of hydrogen-bond acceptors (Lipinski definition) is 5. The quantitative estimate of drug-likeness (QED) is 0.484. The van der Waals surface area contributed by atoms with Crippen LogP contribution in [0.4, 0.5) is 0 Å². The van der Waals surface area contributed by atoms with E-state index in [4.69, 9.17) is 19.3 Å². The minimum absolute atomic E-state index is 0.125. The summed E-state index contributed by atoms with van der Waals surface area (Å²) in [5.41, 5.74) is 4.46. The molecule has 0 saturated carbocycles. The maximum absolute atomic E-state index is 5.54. The van der Waals surface area contributed by atoms with Crippen molar-refractivity contribution < 1.29 is 14.2 Å². The van der Waals surface area contributed by atoms with E-state index in [0.717, 1.165) is 22.7 Å². The first-order valence-electron chi connectivity index (χ1n) is 10.4. The molecule has 0 fully saturated rings. The summed E-state index contributed by atoms with van der Waals surface area (Å²) in [4.78, 5) is 0. The van der Waals surface area contributed by atoms with Crippen LogP contribution in [0.3, 0.4) is 0 Å². The van der Waals surface area contributed by atoms with Gasteiger partial charge >= 0.3 is 0 Å². The van der Waals surface area contributed by atoms with E-state index in [9.17, 15) is 0 Å². The molecule has 0 spiro atoms. The van der Waals surface area contributed by atoms with Crippen molar-refractivity contribution in [3.8, 4) is 22.9 Å². The molecule has 0 amide bonds. The van der Waals surface area contributed by atoms with Gasteiger partial charge in [0.25, 0.3) is 0 Å². The summed E-state index contributed by atoms with van der Waals surface area (Å²) in [5.74, 6) is 2.09. The number of aromatic nitrogens is 2. The fourth-order valence-electron chi connectivity index (χ4n) is 4.15. The lowest BCUT2D eigenvalue weighted by Crippen LogP contribution is -2.18. The first kappa shape index (κ1) is 19.5. The van der Waals surface area contributed by atoms with E-state index >= 15 is 0 Å². The van der Waals surface area contributed by atoms with Crippen molar-refractivity contribution in [1.29, 1.82) is 0 Å². The van der Waals surface area contributed by atoms with Gasteiger partial charge in [-0.05, 0) is 43.0 Å². The zero-order valence-electron chi connectivity index (χ0n) is 17.9. The highest BCUT2D eigenvalue weighted by atomic mass is 16.7. The molecule has 3 aromatic carbocycles. The molecule has 1 aromatic heterocycles. The average Bonchev–Trinajstić information content (AvgIpc) is 3.43. The Balaban J connectivity index is 1.38. The van der Waals surface area contributed by atoms with Crippen LogP contribution in [0.1, 0.15) is 29.8 Å². The topological polar surface area (TPSA) is 57.5 Å². The summed E-state index contributed by atoms with van der Waals surface area (Å²) >= 11 is 0. The molecule has 6 nitrogen and oxygen atoms in total. The molecule has 5 rings (SSSR count). The number of nitrogens with zero attached hydrogens (tertiary/aromatic N) is 2. The molecule has 1 aliphatic heterocycles. The molecule has 6 heteroatoms. The Morgan fingerprint density at radius 3 is 2.84 bits per heavy atom. The van der Waals surface area contributed by atoms with E-state index in [1.54, 1.807) is 7.11 Å². The third kappa shape index (κ3) is 3.49. The summed E-state index contributed by atoms with van der Waals surface area (Å²) in [5, 5.41) is 10.7. The van der Waals surface area contributed by atoms with Crippen molar-refractivity contribution in [1.82, 2.24) is 15.1 Å². The van der Waals surface area contributed by atoms with Crippen molar-refractivity contribution in [2.45, 2.75) is 26.4 Å². The predicted molar refractivity (Wildman–Crippen MR) is 120 cm³/mol. The Kier molecular flexibility index (Phi) is 5.00. The standard InChI is InChI=1S/C25H25N3O3/c1-16(26-13-18-11-23(29-3)25-24(12-18)30-15-31-25)21-14-27-28(17(21)2)22-10-6-8-19-7-4-5-9-20(19)22/h4-12,14,16,26H,13,15H2,1-3H3/t16-/m1/s1. The van der Waals surface area contributed by atoms with Gasteiger partial charge in [-0.25, -0.2) is 4.68 Å². The second-order valence-electron chi connectivity index (χ2n) is 7.73. The monoisotopic (exact) mass is 415 g/mol. The van der Waals surface area contributed by atoms with Crippen LogP contribution in [-0.4, -0.2) is 23.7 Å². The molecule has 0 bridgehead atoms. The van der Waals surface area contributed by atoms with Gasteiger partial charge in [0.1, 0.15) is 0 Å². The highest BCUT2D eigenvalue weighted by Crippen LogP contribution is 2.41. The summed E-state index contributed by atoms with van der Waals surface area (Å²) in [6, 6.07) is 18.8. The molecule has 0 saturated heterocycles. The van der Waals surface area contributed by atoms with Crippen molar-refractivity contribution in [2.75, 3.05) is 13.9 Å². The highest BCUT2D eigenvalue weighted by molar-refractivity contribution is 5.90. The molecular weight excluding hydrogens is 390 g/mol. The maximum atomic E-state index is 5.54. The van der Waals surface area contributed by atoms with Crippen molar-refractivity contribution >= 4 is 10.8 Å². The zero-order chi connectivity index (χ0) is 21.4. The summed E-state index contributed by atoms with van der Waals surface area (Å²) in [6.45, 7) is 5.17. The molecule has 0 unspecified atom stereocenters. The van der Waals surface area contributed by atoms with Gasteiger partial charge in [-0.2, -0.15) is 5.10 Å². The lowest BCUT2D eigenvalue weighted by molar-refractivity contribution is 0.171. The van der Waals surface area contributed by atoms with Gasteiger partial charge in [0, 0.05) is 29.2 Å². The number of rotatable bonds is 6. The third-order valence-electron chi connectivity index (χ3n) is 5.84. The van der Waals surface area contributed by atoms with Gasteiger partial charge in [0.15, 0.2) is 11.5 Å². The Labute approximate surface area is 181 Å². The summed E-state index contributed by atoms with van der Waals surface area (Å²) in [6.07, 6.45) is 1.95. The first-order chi connectivity index (χ1) is 15.2. The molecule has 4 aromatic rings. The van der Waals surface area contributed by atoms with Crippen LogP contribution >= 0.6 is 0 Å². The van der Waals surface area contributed by atoms with Gasteiger partial charge in [-0.1, -0.05) is 36.4 Å². The van der Waals surface area contributed by atoms with Gasteiger partial charge in [0.05, 0.1) is 19.0 Å². The lowest BCUT2D eigenvalue weighted by Gasteiger charge is -2.15. The highest BCUT2D eigenvalue weighted by Gasteiger charge is 2.21. The Morgan fingerprint density at radius 2 is 1.97 bits per heavy atom. The van der Waals surface area contributed by atoms with Crippen LogP contribution in [0, 0.1) is 6.92 Å². The minimum Gasteiger partial charge on any atom is -0.493 e. The smallest absolute Gasteiger partial charge is 0.231 e. The van der Waals surface area contributed by atoms with E-state index in [1.807, 2.05) is 23.0 Å². The second-order valence-corrected chi connectivity index (χ2v) is 7.73. The third-order valence-corrected chi connectivity index (χ3v) is 5.84. The number of nitrogens with one attached hydrogen (secondary N) is 1. The largest absolute Gasteiger partial charge is 0.493 e. The zero-order valence-corrected chi connectivity index (χ0v) is 17.9. The van der Waals surface area contributed by atoms with Gasteiger partial charge in [-0.15, -0.1) is 0 Å². The summed E-state index contributed by atoms with van der Waals surface area (Å²) in [7, 11) is 1.64. The van der Waals surface area contributed by atoms with Gasteiger partial charge in [-0.3, -0.25) is 0 Å². The average molecular weight is 415 g/mol. The molecule has 0 aliphatic carbocycles. The van der Waals surface area contributed by atoms with Crippen LogP contribution in [0.5, 0.6) is 17.2 Å². The fourth-order valence-corrected chi connectivity index (χ4v) is 4.15. The van der Waals surface area contributed by atoms with Crippen LogP contribution in [-0.2, 0) is 6.54 Å². The minimum atomic E-state index is 0.125. The van der Waals surface area contributed by atoms with Crippen LogP contribution in [0.2, 0.25) is 0 Å². The van der Waals surface area contributed by atoms with Crippen LogP contribution in [0.15, 0.2) is 60.8 Å². The van der Waals surface area contributed by atoms with Crippen LogP contribution in [0.25, 0.3) is 16.5 Å². The first-order valence-corrected chi connectivity index (χ1v) is 10.4. The van der Waals surface area contributed by atoms with E-state index in [2.05, 4.69) is 61.6 Å². The molecule has 0 radical (unpaired) electrons. The number of benzene rings is 3. The Morgan fingerprint density at radius 1 is 1.13 bits per heavy atom. The van der Waals surface area contributed by atoms with Crippen molar-refractivity contribution in [2.24, 2.45) is 0 Å². The van der Waals surface area contributed by atoms with Gasteiger partial charge < -0.3 is 19.5 Å². The van der Waals surface area contributed by atoms with Crippen molar-refractivity contribution in [3.63, 3.8) is 0 Å². The number of ether oxygens (including phenoxy) is 3. The molecule has 1 aliphatic rings. The van der Waals surface area contributed by atoms with E-state index < -0.39 is 0 Å². The maximum Gasteiger partial charge on any atom is 0.231 e. The van der Waals surface area contributed by atoms with E-state index in [-0.39, 0.29) is 12.8 Å². The van der Waals surface area contributed by atoms with E-state index in [1.165, 1.54) is 16.3 Å². The Hall–Kier alpha value is -3.51. The van der Waals surface area contributed by atoms with Crippen molar-refractivity contribution in [3.05, 3.63) is 77.6 Å². The lowest BCUT2D eigenvalue weighted by atomic mass is 10.1. The molecule has 2 heterocycles. The predicted octanol–water partition coefficient (Wildman–Crippen LogP) is 4.92. The molecule has 1 N–H and O–H groups in total. The Bertz CT molecular complexity index is 1240.